The Morgan fingerprint density at radius 3 is 2.30 bits per heavy atom. The first-order valence-electron chi connectivity index (χ1n) is 11.1. The molecule has 2 N–H and O–H groups in total. The van der Waals surface area contributed by atoms with Gasteiger partial charge in [-0.2, -0.15) is 0 Å². The Balaban J connectivity index is 2.36. The molecule has 0 spiro atoms. The molecule has 1 aliphatic carbocycles. The first kappa shape index (κ1) is 26.2. The number of esters is 1. The van der Waals surface area contributed by atoms with E-state index in [0.29, 0.717) is 5.56 Å². The molecule has 2 unspecified atom stereocenters. The van der Waals surface area contributed by atoms with Gasteiger partial charge in [-0.15, -0.1) is 0 Å². The third kappa shape index (κ3) is 7.47. The number of amides is 3. The van der Waals surface area contributed by atoms with E-state index in [1.54, 1.807) is 27.7 Å². The minimum absolute atomic E-state index is 0.144. The lowest BCUT2D eigenvalue weighted by Gasteiger charge is -2.34. The summed E-state index contributed by atoms with van der Waals surface area (Å²) in [6.07, 6.45) is 0.782. The summed E-state index contributed by atoms with van der Waals surface area (Å²) in [5.41, 5.74) is 1.82. The Hall–Kier alpha value is -3.10. The number of carbonyl (C=O) groups is 4. The number of methoxy groups -OCH3 is 1. The fourth-order valence-electron chi connectivity index (χ4n) is 3.52. The number of carbonyl (C=O) groups excluding carboxylic acids is 4. The van der Waals surface area contributed by atoms with Crippen LogP contribution in [0.15, 0.2) is 18.2 Å². The molecule has 9 nitrogen and oxygen atoms in total. The summed E-state index contributed by atoms with van der Waals surface area (Å²) >= 11 is 0. The maximum atomic E-state index is 13.5. The van der Waals surface area contributed by atoms with Gasteiger partial charge in [0.15, 0.2) is 0 Å². The Kier molecular flexibility index (Phi) is 8.46. The summed E-state index contributed by atoms with van der Waals surface area (Å²) in [5.74, 6) is -1.48. The van der Waals surface area contributed by atoms with Crippen molar-refractivity contribution in [3.8, 4) is 0 Å². The van der Waals surface area contributed by atoms with E-state index in [9.17, 15) is 19.2 Å². The quantitative estimate of drug-likeness (QED) is 0.575. The number of nitrogens with one attached hydrogen (secondary N) is 2. The van der Waals surface area contributed by atoms with Crippen molar-refractivity contribution in [2.45, 2.75) is 78.1 Å². The van der Waals surface area contributed by atoms with Gasteiger partial charge < -0.3 is 25.0 Å². The Morgan fingerprint density at radius 1 is 1.15 bits per heavy atom. The molecule has 2 rings (SSSR count). The fraction of sp³-hybridized carbons (Fsp3) is 0.583. The van der Waals surface area contributed by atoms with Gasteiger partial charge in [0, 0.05) is 6.04 Å². The highest BCUT2D eigenvalue weighted by atomic mass is 16.6. The van der Waals surface area contributed by atoms with E-state index in [2.05, 4.69) is 15.4 Å². The van der Waals surface area contributed by atoms with Crippen LogP contribution in [0.3, 0.4) is 0 Å². The van der Waals surface area contributed by atoms with Crippen LogP contribution in [-0.4, -0.2) is 60.1 Å². The average molecular weight is 462 g/mol. The van der Waals surface area contributed by atoms with Gasteiger partial charge in [0.05, 0.1) is 7.11 Å². The van der Waals surface area contributed by atoms with Crippen molar-refractivity contribution in [2.24, 2.45) is 0 Å². The summed E-state index contributed by atoms with van der Waals surface area (Å²) in [4.78, 5) is 52.1. The van der Waals surface area contributed by atoms with Crippen molar-refractivity contribution >= 4 is 23.9 Å². The topological polar surface area (TPSA) is 114 Å². The van der Waals surface area contributed by atoms with E-state index in [-0.39, 0.29) is 12.6 Å². The van der Waals surface area contributed by atoms with Crippen LogP contribution < -0.4 is 10.6 Å². The molecule has 1 saturated carbocycles. The van der Waals surface area contributed by atoms with Crippen LogP contribution in [0.2, 0.25) is 0 Å². The van der Waals surface area contributed by atoms with Gasteiger partial charge in [-0.1, -0.05) is 23.8 Å². The van der Waals surface area contributed by atoms with Gasteiger partial charge in [0.25, 0.3) is 0 Å². The van der Waals surface area contributed by atoms with Crippen LogP contribution in [0, 0.1) is 13.8 Å². The fourth-order valence-corrected chi connectivity index (χ4v) is 3.52. The molecule has 182 valence electrons. The van der Waals surface area contributed by atoms with Crippen LogP contribution in [0.25, 0.3) is 0 Å². The number of aryl methyl sites for hydroxylation is 2. The average Bonchev–Trinajstić information content (AvgIpc) is 3.53. The first-order chi connectivity index (χ1) is 15.3. The summed E-state index contributed by atoms with van der Waals surface area (Å²) in [5, 5.41) is 5.15. The summed E-state index contributed by atoms with van der Waals surface area (Å²) in [6.45, 7) is 10.3. The van der Waals surface area contributed by atoms with Gasteiger partial charge in [-0.05, 0) is 65.5 Å². The largest absolute Gasteiger partial charge is 0.468 e. The molecule has 1 fully saturated rings. The number of alkyl carbamates (subject to hydrolysis) is 1. The molecule has 0 radical (unpaired) electrons. The first-order valence-corrected chi connectivity index (χ1v) is 11.1. The maximum Gasteiger partial charge on any atom is 0.408 e. The zero-order valence-corrected chi connectivity index (χ0v) is 20.5. The van der Waals surface area contributed by atoms with Crippen molar-refractivity contribution in [3.63, 3.8) is 0 Å². The number of rotatable bonds is 8. The minimum atomic E-state index is -0.960. The lowest BCUT2D eigenvalue weighted by molar-refractivity contribution is -0.145. The van der Waals surface area contributed by atoms with Crippen LogP contribution in [0.5, 0.6) is 0 Å². The van der Waals surface area contributed by atoms with E-state index in [0.717, 1.165) is 24.0 Å². The van der Waals surface area contributed by atoms with Crippen molar-refractivity contribution in [1.82, 2.24) is 15.5 Å². The summed E-state index contributed by atoms with van der Waals surface area (Å²) in [7, 11) is 1.24. The molecule has 2 atom stereocenters. The predicted molar refractivity (Wildman–Crippen MR) is 122 cm³/mol. The number of ether oxygens (including phenoxy) is 2. The second-order valence-electron chi connectivity index (χ2n) is 9.40. The molecule has 0 aromatic heterocycles. The molecule has 0 heterocycles. The molecule has 1 aromatic carbocycles. The van der Waals surface area contributed by atoms with E-state index in [4.69, 9.17) is 4.74 Å². The van der Waals surface area contributed by atoms with Gasteiger partial charge in [0.1, 0.15) is 24.2 Å². The lowest BCUT2D eigenvalue weighted by atomic mass is 9.96. The highest BCUT2D eigenvalue weighted by Gasteiger charge is 2.43. The van der Waals surface area contributed by atoms with E-state index >= 15 is 0 Å². The van der Waals surface area contributed by atoms with Crippen molar-refractivity contribution < 1.29 is 28.7 Å². The van der Waals surface area contributed by atoms with Gasteiger partial charge in [-0.3, -0.25) is 14.4 Å². The Labute approximate surface area is 195 Å². The smallest absolute Gasteiger partial charge is 0.408 e. The summed E-state index contributed by atoms with van der Waals surface area (Å²) < 4.78 is 9.88. The molecule has 9 heteroatoms. The van der Waals surface area contributed by atoms with Crippen LogP contribution in [0.4, 0.5) is 4.79 Å². The van der Waals surface area contributed by atoms with Gasteiger partial charge in [0.2, 0.25) is 11.8 Å². The number of hydrogen-bond donors (Lipinski definition) is 2. The van der Waals surface area contributed by atoms with Crippen molar-refractivity contribution in [1.29, 1.82) is 0 Å². The molecule has 33 heavy (non-hydrogen) atoms. The summed E-state index contributed by atoms with van der Waals surface area (Å²) in [6, 6.07) is 3.62. The molecule has 3 amide bonds. The third-order valence-corrected chi connectivity index (χ3v) is 5.18. The zero-order chi connectivity index (χ0) is 24.9. The van der Waals surface area contributed by atoms with Crippen molar-refractivity contribution in [2.75, 3.05) is 13.7 Å². The number of hydrogen-bond acceptors (Lipinski definition) is 6. The normalized spacial score (nSPS) is 15.1. The van der Waals surface area contributed by atoms with E-state index < -0.39 is 41.6 Å². The maximum absolute atomic E-state index is 13.5. The standard InChI is InChI=1S/C24H35N3O6/c1-14-8-11-18(15(2)12-14)20(21(29)25-13-19(28)32-7)27(17-9-10-17)22(30)16(3)26-23(31)33-24(4,5)6/h8,11-12,16-17,20H,9-10,13H2,1-7H3,(H,25,29)(H,26,31). The number of nitrogens with zero attached hydrogens (tertiary/aromatic N) is 1. The Morgan fingerprint density at radius 2 is 1.79 bits per heavy atom. The van der Waals surface area contributed by atoms with Gasteiger partial charge >= 0.3 is 12.1 Å². The molecule has 0 saturated heterocycles. The highest BCUT2D eigenvalue weighted by Crippen LogP contribution is 2.36. The highest BCUT2D eigenvalue weighted by molar-refractivity contribution is 5.93. The predicted octanol–water partition coefficient (Wildman–Crippen LogP) is 2.54. The SMILES string of the molecule is COC(=O)CNC(=O)C(c1ccc(C)cc1C)N(C(=O)C(C)NC(=O)OC(C)(C)C)C1CC1. The second-order valence-corrected chi connectivity index (χ2v) is 9.40. The van der Waals surface area contributed by atoms with Gasteiger partial charge in [-0.25, -0.2) is 4.79 Å². The zero-order valence-electron chi connectivity index (χ0n) is 20.5. The van der Waals surface area contributed by atoms with E-state index in [1.807, 2.05) is 32.0 Å². The molecular formula is C24H35N3O6. The lowest BCUT2D eigenvalue weighted by Crippen LogP contribution is -2.53. The minimum Gasteiger partial charge on any atom is -0.468 e. The molecular weight excluding hydrogens is 426 g/mol. The molecule has 1 aliphatic rings. The van der Waals surface area contributed by atoms with Crippen LogP contribution in [-0.2, 0) is 23.9 Å². The van der Waals surface area contributed by atoms with Crippen molar-refractivity contribution in [3.05, 3.63) is 34.9 Å². The third-order valence-electron chi connectivity index (χ3n) is 5.18. The van der Waals surface area contributed by atoms with E-state index in [1.165, 1.54) is 12.0 Å². The molecule has 0 bridgehead atoms. The number of benzene rings is 1. The molecule has 0 aliphatic heterocycles. The monoisotopic (exact) mass is 461 g/mol. The van der Waals surface area contributed by atoms with Crippen LogP contribution in [0.1, 0.15) is 63.3 Å². The Bertz CT molecular complexity index is 904. The molecule has 1 aromatic rings. The second kappa shape index (κ2) is 10.7. The van der Waals surface area contributed by atoms with Crippen LogP contribution >= 0.6 is 0 Å².